The van der Waals surface area contributed by atoms with Crippen LogP contribution in [0.3, 0.4) is 0 Å². The van der Waals surface area contributed by atoms with Crippen molar-refractivity contribution < 1.29 is 4.74 Å². The first-order valence-electron chi connectivity index (χ1n) is 6.36. The van der Waals surface area contributed by atoms with Gasteiger partial charge in [-0.05, 0) is 17.9 Å². The summed E-state index contributed by atoms with van der Waals surface area (Å²) in [6.45, 7) is 8.69. The highest BCUT2D eigenvalue weighted by molar-refractivity contribution is 5.40. The quantitative estimate of drug-likeness (QED) is 0.845. The van der Waals surface area contributed by atoms with Gasteiger partial charge < -0.3 is 14.6 Å². The molecule has 0 aliphatic heterocycles. The molecule has 1 rings (SSSR count). The van der Waals surface area contributed by atoms with E-state index in [1.54, 1.807) is 17.7 Å². The molecule has 0 spiro atoms. The van der Waals surface area contributed by atoms with E-state index in [2.05, 4.69) is 26.1 Å². The average Bonchev–Trinajstić information content (AvgIpc) is 2.28. The molecule has 0 radical (unpaired) electrons. The van der Waals surface area contributed by atoms with Gasteiger partial charge in [0.15, 0.2) is 0 Å². The molecule has 0 fully saturated rings. The van der Waals surface area contributed by atoms with E-state index in [-0.39, 0.29) is 5.56 Å². The lowest BCUT2D eigenvalue weighted by Gasteiger charge is -2.18. The SMILES string of the molecule is COCCn1cc(NCCC(C)(C)C)ccc1=O. The van der Waals surface area contributed by atoms with Crippen molar-refractivity contribution in [2.45, 2.75) is 33.7 Å². The van der Waals surface area contributed by atoms with Gasteiger partial charge in [-0.2, -0.15) is 0 Å². The van der Waals surface area contributed by atoms with Crippen LogP contribution in [0.25, 0.3) is 0 Å². The average molecular weight is 252 g/mol. The molecule has 4 heteroatoms. The Kier molecular flexibility index (Phi) is 5.41. The number of nitrogens with one attached hydrogen (secondary N) is 1. The Morgan fingerprint density at radius 3 is 2.67 bits per heavy atom. The molecule has 102 valence electrons. The van der Waals surface area contributed by atoms with Crippen LogP contribution in [0.1, 0.15) is 27.2 Å². The predicted molar refractivity (Wildman–Crippen MR) is 75.1 cm³/mol. The van der Waals surface area contributed by atoms with E-state index in [1.165, 1.54) is 0 Å². The third-order valence-corrected chi connectivity index (χ3v) is 2.72. The molecule has 0 atom stereocenters. The number of methoxy groups -OCH3 is 1. The maximum atomic E-state index is 11.6. The highest BCUT2D eigenvalue weighted by atomic mass is 16.5. The van der Waals surface area contributed by atoms with Crippen molar-refractivity contribution in [1.82, 2.24) is 4.57 Å². The number of anilines is 1. The van der Waals surface area contributed by atoms with Gasteiger partial charge in [-0.1, -0.05) is 20.8 Å². The molecular weight excluding hydrogens is 228 g/mol. The second kappa shape index (κ2) is 6.59. The molecule has 1 heterocycles. The van der Waals surface area contributed by atoms with Crippen molar-refractivity contribution in [2.24, 2.45) is 5.41 Å². The van der Waals surface area contributed by atoms with Crippen molar-refractivity contribution in [1.29, 1.82) is 0 Å². The normalized spacial score (nSPS) is 11.6. The number of hydrogen-bond donors (Lipinski definition) is 1. The number of pyridine rings is 1. The number of ether oxygens (including phenoxy) is 1. The molecule has 0 saturated carbocycles. The Bertz CT molecular complexity index is 419. The summed E-state index contributed by atoms with van der Waals surface area (Å²) < 4.78 is 6.66. The monoisotopic (exact) mass is 252 g/mol. The van der Waals surface area contributed by atoms with Crippen LogP contribution >= 0.6 is 0 Å². The van der Waals surface area contributed by atoms with Crippen molar-refractivity contribution >= 4 is 5.69 Å². The van der Waals surface area contributed by atoms with Gasteiger partial charge in [0.1, 0.15) is 0 Å². The minimum atomic E-state index is 0.00780. The largest absolute Gasteiger partial charge is 0.384 e. The van der Waals surface area contributed by atoms with Gasteiger partial charge in [-0.25, -0.2) is 0 Å². The summed E-state index contributed by atoms with van der Waals surface area (Å²) in [5, 5.41) is 3.34. The number of aromatic nitrogens is 1. The standard InChI is InChI=1S/C14H24N2O2/c1-14(2,3)7-8-15-12-5-6-13(17)16(11-12)9-10-18-4/h5-6,11,15H,7-10H2,1-4H3. The number of hydrogen-bond acceptors (Lipinski definition) is 3. The van der Waals surface area contributed by atoms with E-state index >= 15 is 0 Å². The van der Waals surface area contributed by atoms with Crippen molar-refractivity contribution in [2.75, 3.05) is 25.6 Å². The predicted octanol–water partition coefficient (Wildman–Crippen LogP) is 2.34. The summed E-state index contributed by atoms with van der Waals surface area (Å²) in [7, 11) is 1.64. The third kappa shape index (κ3) is 5.36. The van der Waals surface area contributed by atoms with Gasteiger partial charge in [-0.15, -0.1) is 0 Å². The topological polar surface area (TPSA) is 43.3 Å². The summed E-state index contributed by atoms with van der Waals surface area (Å²) >= 11 is 0. The molecule has 0 aromatic carbocycles. The van der Waals surface area contributed by atoms with Crippen LogP contribution in [0, 0.1) is 5.41 Å². The lowest BCUT2D eigenvalue weighted by Crippen LogP contribution is -2.21. The summed E-state index contributed by atoms with van der Waals surface area (Å²) in [5.41, 5.74) is 1.31. The summed E-state index contributed by atoms with van der Waals surface area (Å²) in [4.78, 5) is 11.6. The molecule has 0 aliphatic carbocycles. The second-order valence-electron chi connectivity index (χ2n) is 5.68. The zero-order valence-electron chi connectivity index (χ0n) is 11.8. The Balaban J connectivity index is 2.59. The molecule has 1 aromatic rings. The number of nitrogens with zero attached hydrogens (tertiary/aromatic N) is 1. The van der Waals surface area contributed by atoms with Crippen LogP contribution in [0.2, 0.25) is 0 Å². The van der Waals surface area contributed by atoms with Crippen molar-refractivity contribution in [3.05, 3.63) is 28.7 Å². The summed E-state index contributed by atoms with van der Waals surface area (Å²) in [5.74, 6) is 0. The smallest absolute Gasteiger partial charge is 0.250 e. The van der Waals surface area contributed by atoms with E-state index in [0.717, 1.165) is 18.7 Å². The molecule has 18 heavy (non-hydrogen) atoms. The van der Waals surface area contributed by atoms with Gasteiger partial charge in [0.2, 0.25) is 0 Å². The van der Waals surface area contributed by atoms with Crippen LogP contribution in [-0.4, -0.2) is 24.8 Å². The first kappa shape index (κ1) is 14.8. The molecule has 0 bridgehead atoms. The van der Waals surface area contributed by atoms with E-state index in [1.807, 2.05) is 12.3 Å². The highest BCUT2D eigenvalue weighted by Gasteiger charge is 2.09. The minimum Gasteiger partial charge on any atom is -0.384 e. The Morgan fingerprint density at radius 2 is 2.06 bits per heavy atom. The third-order valence-electron chi connectivity index (χ3n) is 2.72. The second-order valence-corrected chi connectivity index (χ2v) is 5.68. The Morgan fingerprint density at radius 1 is 1.33 bits per heavy atom. The fourth-order valence-corrected chi connectivity index (χ4v) is 1.58. The van der Waals surface area contributed by atoms with Crippen LogP contribution in [-0.2, 0) is 11.3 Å². The fraction of sp³-hybridized carbons (Fsp3) is 0.643. The van der Waals surface area contributed by atoms with Crippen LogP contribution < -0.4 is 10.9 Å². The molecule has 0 unspecified atom stereocenters. The van der Waals surface area contributed by atoms with Crippen LogP contribution in [0.5, 0.6) is 0 Å². The van der Waals surface area contributed by atoms with Gasteiger partial charge >= 0.3 is 0 Å². The van der Waals surface area contributed by atoms with Crippen molar-refractivity contribution in [3.8, 4) is 0 Å². The van der Waals surface area contributed by atoms with Crippen LogP contribution in [0.15, 0.2) is 23.1 Å². The number of rotatable bonds is 6. The zero-order chi connectivity index (χ0) is 13.6. The lowest BCUT2D eigenvalue weighted by molar-refractivity contribution is 0.186. The maximum absolute atomic E-state index is 11.6. The molecule has 0 aliphatic rings. The van der Waals surface area contributed by atoms with E-state index < -0.39 is 0 Å². The van der Waals surface area contributed by atoms with Gasteiger partial charge in [0.25, 0.3) is 5.56 Å². The van der Waals surface area contributed by atoms with Gasteiger partial charge in [-0.3, -0.25) is 4.79 Å². The molecule has 1 N–H and O–H groups in total. The first-order chi connectivity index (χ1) is 8.42. The fourth-order valence-electron chi connectivity index (χ4n) is 1.58. The molecule has 4 nitrogen and oxygen atoms in total. The van der Waals surface area contributed by atoms with Crippen molar-refractivity contribution in [3.63, 3.8) is 0 Å². The highest BCUT2D eigenvalue weighted by Crippen LogP contribution is 2.18. The van der Waals surface area contributed by atoms with Crippen LogP contribution in [0.4, 0.5) is 5.69 Å². The maximum Gasteiger partial charge on any atom is 0.250 e. The van der Waals surface area contributed by atoms with Gasteiger partial charge in [0.05, 0.1) is 12.3 Å². The summed E-state index contributed by atoms with van der Waals surface area (Å²) in [6, 6.07) is 3.42. The van der Waals surface area contributed by atoms with E-state index in [0.29, 0.717) is 18.6 Å². The minimum absolute atomic E-state index is 0.00780. The molecular formula is C14H24N2O2. The Labute approximate surface area is 109 Å². The van der Waals surface area contributed by atoms with E-state index in [4.69, 9.17) is 4.74 Å². The lowest BCUT2D eigenvalue weighted by atomic mass is 9.92. The zero-order valence-corrected chi connectivity index (χ0v) is 11.8. The molecule has 0 amide bonds. The Hall–Kier alpha value is -1.29. The van der Waals surface area contributed by atoms with Gasteiger partial charge in [0, 0.05) is 32.5 Å². The first-order valence-corrected chi connectivity index (χ1v) is 6.36. The summed E-state index contributed by atoms with van der Waals surface area (Å²) in [6.07, 6.45) is 2.94. The molecule has 1 aromatic heterocycles. The molecule has 0 saturated heterocycles. The van der Waals surface area contributed by atoms with E-state index in [9.17, 15) is 4.79 Å².